The molecule has 1 N–H and O–H groups in total. The van der Waals surface area contributed by atoms with E-state index in [2.05, 4.69) is 20.1 Å². The Balaban J connectivity index is 1.85. The van der Waals surface area contributed by atoms with Crippen LogP contribution in [0.2, 0.25) is 0 Å². The number of carbonyl (C=O) groups is 3. The molecule has 0 saturated carbocycles. The molecule has 3 aliphatic rings. The summed E-state index contributed by atoms with van der Waals surface area (Å²) < 4.78 is 5.07. The minimum absolute atomic E-state index is 0.00429. The number of rotatable bonds is 18. The first-order chi connectivity index (χ1) is 18.0. The monoisotopic (exact) mass is 534 g/mol. The van der Waals surface area contributed by atoms with Crippen LogP contribution in [-0.4, -0.2) is 81.6 Å². The number of amides is 2. The van der Waals surface area contributed by atoms with Crippen molar-refractivity contribution in [2.75, 3.05) is 32.8 Å². The van der Waals surface area contributed by atoms with Crippen LogP contribution in [0.1, 0.15) is 77.6 Å². The van der Waals surface area contributed by atoms with Crippen molar-refractivity contribution in [3.63, 3.8) is 0 Å². The lowest BCUT2D eigenvalue weighted by atomic mass is 9.71. The van der Waals surface area contributed by atoms with Gasteiger partial charge in [0.2, 0.25) is 11.8 Å². The topological polar surface area (TPSA) is 87.2 Å². The van der Waals surface area contributed by atoms with Crippen LogP contribution in [-0.2, 0) is 19.1 Å². The Morgan fingerprint density at radius 1 is 1.16 bits per heavy atom. The molecule has 3 heterocycles. The summed E-state index contributed by atoms with van der Waals surface area (Å²) in [6.45, 7) is 11.8. The number of esters is 1. The highest BCUT2D eigenvalue weighted by Crippen LogP contribution is 2.66. The van der Waals surface area contributed by atoms with E-state index in [4.69, 9.17) is 9.84 Å². The molecule has 2 unspecified atom stereocenters. The van der Waals surface area contributed by atoms with E-state index in [1.165, 1.54) is 0 Å². The number of aliphatic hydroxyl groups is 1. The van der Waals surface area contributed by atoms with Gasteiger partial charge in [-0.2, -0.15) is 0 Å². The molecule has 7 nitrogen and oxygen atoms in total. The first-order valence-corrected chi connectivity index (χ1v) is 15.1. The van der Waals surface area contributed by atoms with Gasteiger partial charge < -0.3 is 19.6 Å². The maximum absolute atomic E-state index is 14.2. The van der Waals surface area contributed by atoms with Crippen molar-refractivity contribution in [2.24, 2.45) is 11.8 Å². The summed E-state index contributed by atoms with van der Waals surface area (Å²) in [5.74, 6) is -1.34. The molecular formula is C29H46N2O5S. The van der Waals surface area contributed by atoms with Crippen molar-refractivity contribution in [3.05, 3.63) is 25.3 Å². The van der Waals surface area contributed by atoms with E-state index < -0.39 is 22.6 Å². The van der Waals surface area contributed by atoms with Crippen LogP contribution in [0, 0.1) is 11.8 Å². The average Bonchev–Trinajstić information content (AvgIpc) is 3.53. The molecule has 3 saturated heterocycles. The summed E-state index contributed by atoms with van der Waals surface area (Å²) in [5.41, 5.74) is 0. The van der Waals surface area contributed by atoms with Gasteiger partial charge in [0.1, 0.15) is 6.04 Å². The summed E-state index contributed by atoms with van der Waals surface area (Å²) in [7, 11) is 0. The lowest BCUT2D eigenvalue weighted by molar-refractivity contribution is -0.154. The zero-order valence-electron chi connectivity index (χ0n) is 22.6. The number of carbonyl (C=O) groups excluding carboxylic acids is 3. The largest absolute Gasteiger partial charge is 0.465 e. The number of nitrogens with zero attached hydrogens (tertiary/aromatic N) is 2. The third-order valence-corrected chi connectivity index (χ3v) is 10.1. The van der Waals surface area contributed by atoms with Crippen molar-refractivity contribution in [1.82, 2.24) is 9.80 Å². The zero-order chi connectivity index (χ0) is 26.8. The van der Waals surface area contributed by atoms with Crippen molar-refractivity contribution in [2.45, 2.75) is 93.6 Å². The minimum atomic E-state index is -0.571. The number of unbranched alkanes of at least 4 members (excludes halogenated alkanes) is 6. The van der Waals surface area contributed by atoms with Crippen LogP contribution in [0.4, 0.5) is 0 Å². The molecule has 2 amide bonds. The number of hydrogen-bond acceptors (Lipinski definition) is 6. The standard InChI is InChI=1S/C29H46N2O5S/c1-4-7-11-18-30(17-6-3)27(34)25-29-16-15-22(37-29)23(28(35)36-21-14-8-5-2)24(29)26(33)31(25)19-12-9-10-13-20-32/h5-6,22-25,32H,2-4,7-21H2,1H3/t22-,23+,24-,25?,29?/m0/s1. The molecule has 1 spiro atoms. The fraction of sp³-hybridized carbons (Fsp3) is 0.759. The van der Waals surface area contributed by atoms with Gasteiger partial charge in [-0.25, -0.2) is 0 Å². The summed E-state index contributed by atoms with van der Waals surface area (Å²) in [5, 5.41) is 9.14. The number of thioether (sulfide) groups is 1. The Kier molecular flexibility index (Phi) is 11.6. The van der Waals surface area contributed by atoms with Crippen molar-refractivity contribution < 1.29 is 24.2 Å². The van der Waals surface area contributed by atoms with Gasteiger partial charge in [-0.1, -0.05) is 44.8 Å². The smallest absolute Gasteiger partial charge is 0.310 e. The maximum atomic E-state index is 14.2. The second kappa shape index (κ2) is 14.4. The van der Waals surface area contributed by atoms with Gasteiger partial charge in [-0.05, 0) is 44.9 Å². The molecule has 208 valence electrons. The molecule has 0 radical (unpaired) electrons. The fourth-order valence-corrected chi connectivity index (χ4v) is 8.56. The lowest BCUT2D eigenvalue weighted by Crippen LogP contribution is -2.55. The molecule has 3 aliphatic heterocycles. The normalized spacial score (nSPS) is 27.8. The molecule has 8 heteroatoms. The van der Waals surface area contributed by atoms with Gasteiger partial charge in [-0.15, -0.1) is 24.9 Å². The highest BCUT2D eigenvalue weighted by Gasteiger charge is 2.74. The van der Waals surface area contributed by atoms with E-state index >= 15 is 0 Å². The molecule has 37 heavy (non-hydrogen) atoms. The predicted octanol–water partition coefficient (Wildman–Crippen LogP) is 4.34. The maximum Gasteiger partial charge on any atom is 0.310 e. The number of aliphatic hydroxyl groups excluding tert-OH is 1. The molecule has 0 aromatic rings. The zero-order valence-corrected chi connectivity index (χ0v) is 23.4. The Labute approximate surface area is 227 Å². The van der Waals surface area contributed by atoms with Crippen molar-refractivity contribution in [1.29, 1.82) is 0 Å². The first-order valence-electron chi connectivity index (χ1n) is 14.2. The number of allylic oxidation sites excluding steroid dienone is 1. The van der Waals surface area contributed by atoms with E-state index in [-0.39, 0.29) is 29.6 Å². The third kappa shape index (κ3) is 6.44. The first kappa shape index (κ1) is 29.8. The lowest BCUT2D eigenvalue weighted by Gasteiger charge is -2.37. The molecule has 3 rings (SSSR count). The van der Waals surface area contributed by atoms with Crippen LogP contribution < -0.4 is 0 Å². The van der Waals surface area contributed by atoms with Crippen LogP contribution in [0.3, 0.4) is 0 Å². The van der Waals surface area contributed by atoms with E-state index in [1.807, 2.05) is 4.90 Å². The molecule has 3 fully saturated rings. The minimum Gasteiger partial charge on any atom is -0.465 e. The van der Waals surface area contributed by atoms with Gasteiger partial charge in [-0.3, -0.25) is 14.4 Å². The van der Waals surface area contributed by atoms with Gasteiger partial charge in [0, 0.05) is 31.5 Å². The summed E-state index contributed by atoms with van der Waals surface area (Å²) in [6, 6.07) is -0.557. The highest BCUT2D eigenvalue weighted by molar-refractivity contribution is 8.02. The Bertz CT molecular complexity index is 820. The van der Waals surface area contributed by atoms with E-state index in [1.54, 1.807) is 28.8 Å². The quantitative estimate of drug-likeness (QED) is 0.160. The van der Waals surface area contributed by atoms with Crippen molar-refractivity contribution in [3.8, 4) is 0 Å². The molecular weight excluding hydrogens is 488 g/mol. The van der Waals surface area contributed by atoms with Crippen LogP contribution in [0.5, 0.6) is 0 Å². The Hall–Kier alpha value is -1.80. The number of likely N-dealkylation sites (tertiary alicyclic amines) is 1. The highest BCUT2D eigenvalue weighted by atomic mass is 32.2. The molecule has 0 aliphatic carbocycles. The van der Waals surface area contributed by atoms with E-state index in [0.717, 1.165) is 70.6 Å². The van der Waals surface area contributed by atoms with E-state index in [9.17, 15) is 14.4 Å². The number of fused-ring (bicyclic) bond motifs is 1. The molecule has 0 aromatic carbocycles. The summed E-state index contributed by atoms with van der Waals surface area (Å²) >= 11 is 1.70. The second-order valence-corrected chi connectivity index (χ2v) is 12.2. The second-order valence-electron chi connectivity index (χ2n) is 10.6. The van der Waals surface area contributed by atoms with Crippen molar-refractivity contribution >= 4 is 29.5 Å². The summed E-state index contributed by atoms with van der Waals surface area (Å²) in [6.07, 6.45) is 13.0. The Morgan fingerprint density at radius 3 is 2.65 bits per heavy atom. The number of ether oxygens (including phenoxy) is 1. The Morgan fingerprint density at radius 2 is 1.95 bits per heavy atom. The van der Waals surface area contributed by atoms with Crippen LogP contribution in [0.15, 0.2) is 25.3 Å². The van der Waals surface area contributed by atoms with Gasteiger partial charge in [0.25, 0.3) is 0 Å². The molecule has 0 aromatic heterocycles. The SMILES string of the molecule is C=CCCCOC(=O)[C@@H]1[C@@H]2CCC3(S2)C(C(=O)N(CC=C)CCCCC)N(CCCCCCO)C(=O)[C@H]13. The van der Waals surface area contributed by atoms with Crippen LogP contribution in [0.25, 0.3) is 0 Å². The molecule has 5 atom stereocenters. The predicted molar refractivity (Wildman–Crippen MR) is 148 cm³/mol. The van der Waals surface area contributed by atoms with Gasteiger partial charge in [0.05, 0.1) is 23.2 Å². The molecule has 2 bridgehead atoms. The third-order valence-electron chi connectivity index (χ3n) is 8.10. The van der Waals surface area contributed by atoms with Crippen LogP contribution >= 0.6 is 11.8 Å². The van der Waals surface area contributed by atoms with Gasteiger partial charge in [0.15, 0.2) is 0 Å². The average molecular weight is 535 g/mol. The number of hydrogen-bond donors (Lipinski definition) is 1. The fourth-order valence-electron chi connectivity index (χ4n) is 6.36. The van der Waals surface area contributed by atoms with E-state index in [0.29, 0.717) is 26.2 Å². The van der Waals surface area contributed by atoms with Gasteiger partial charge >= 0.3 is 5.97 Å². The summed E-state index contributed by atoms with van der Waals surface area (Å²) in [4.78, 5) is 45.1.